The molecule has 2 aromatic rings. The molecule has 0 amide bonds. The molecule has 1 aliphatic rings. The third-order valence-electron chi connectivity index (χ3n) is 4.18. The summed E-state index contributed by atoms with van der Waals surface area (Å²) in [5.74, 6) is 0.810. The Morgan fingerprint density at radius 1 is 1.40 bits per heavy atom. The van der Waals surface area contributed by atoms with E-state index in [-0.39, 0.29) is 5.41 Å². The number of fused-ring (bicyclic) bond motifs is 1. The lowest BCUT2D eigenvalue weighted by molar-refractivity contribution is 0.432. The second-order valence-electron chi connectivity index (χ2n) is 6.23. The van der Waals surface area contributed by atoms with Crippen LogP contribution in [0.5, 0.6) is 0 Å². The highest BCUT2D eigenvalue weighted by Crippen LogP contribution is 2.40. The summed E-state index contributed by atoms with van der Waals surface area (Å²) in [6, 6.07) is 7.86. The maximum atomic E-state index is 6.35. The van der Waals surface area contributed by atoms with E-state index in [1.54, 1.807) is 0 Å². The first kappa shape index (κ1) is 13.5. The Labute approximate surface area is 124 Å². The summed E-state index contributed by atoms with van der Waals surface area (Å²) in [7, 11) is 0. The third kappa shape index (κ3) is 2.31. The van der Waals surface area contributed by atoms with Gasteiger partial charge in [-0.05, 0) is 42.4 Å². The molecule has 0 saturated carbocycles. The van der Waals surface area contributed by atoms with Gasteiger partial charge in [0.05, 0.1) is 12.2 Å². The molecule has 0 saturated heterocycles. The number of anilines is 1. The van der Waals surface area contributed by atoms with Gasteiger partial charge in [0.15, 0.2) is 0 Å². The first-order valence-electron chi connectivity index (χ1n) is 7.07. The van der Waals surface area contributed by atoms with E-state index in [0.717, 1.165) is 22.8 Å². The van der Waals surface area contributed by atoms with E-state index in [9.17, 15) is 0 Å². The Kier molecular flexibility index (Phi) is 3.25. The fraction of sp³-hybridized carbons (Fsp3) is 0.438. The zero-order valence-corrected chi connectivity index (χ0v) is 12.7. The molecule has 2 N–H and O–H groups in total. The van der Waals surface area contributed by atoms with Crippen molar-refractivity contribution in [2.24, 2.45) is 0 Å². The van der Waals surface area contributed by atoms with Gasteiger partial charge in [-0.2, -0.15) is 5.10 Å². The molecule has 1 aromatic carbocycles. The molecule has 1 aromatic heterocycles. The first-order chi connectivity index (χ1) is 9.47. The summed E-state index contributed by atoms with van der Waals surface area (Å²) in [6.45, 7) is 5.19. The monoisotopic (exact) mass is 289 g/mol. The molecule has 106 valence electrons. The minimum absolute atomic E-state index is 0.129. The molecule has 4 heteroatoms. The quantitative estimate of drug-likeness (QED) is 0.914. The van der Waals surface area contributed by atoms with Crippen LogP contribution in [0.3, 0.4) is 0 Å². The molecule has 1 heterocycles. The van der Waals surface area contributed by atoms with E-state index >= 15 is 0 Å². The average molecular weight is 290 g/mol. The third-order valence-corrected chi connectivity index (χ3v) is 4.41. The second kappa shape index (κ2) is 4.81. The van der Waals surface area contributed by atoms with Crippen molar-refractivity contribution in [1.82, 2.24) is 9.78 Å². The van der Waals surface area contributed by atoms with Crippen LogP contribution in [-0.2, 0) is 18.4 Å². The minimum Gasteiger partial charge on any atom is -0.384 e. The zero-order chi connectivity index (χ0) is 14.3. The molecule has 0 aliphatic heterocycles. The van der Waals surface area contributed by atoms with Crippen molar-refractivity contribution < 1.29 is 0 Å². The molecular weight excluding hydrogens is 270 g/mol. The van der Waals surface area contributed by atoms with Gasteiger partial charge in [0.1, 0.15) is 5.82 Å². The Morgan fingerprint density at radius 3 is 2.90 bits per heavy atom. The lowest BCUT2D eigenvalue weighted by atomic mass is 9.75. The van der Waals surface area contributed by atoms with E-state index in [4.69, 9.17) is 22.4 Å². The Hall–Kier alpha value is -1.48. The largest absolute Gasteiger partial charge is 0.384 e. The van der Waals surface area contributed by atoms with Gasteiger partial charge in [-0.15, -0.1) is 0 Å². The molecule has 3 rings (SSSR count). The van der Waals surface area contributed by atoms with Crippen LogP contribution >= 0.6 is 11.6 Å². The van der Waals surface area contributed by atoms with Crippen LogP contribution in [0.25, 0.3) is 0 Å². The number of nitrogens with two attached hydrogens (primary N) is 1. The number of halogens is 1. The molecule has 0 bridgehead atoms. The molecule has 0 fully saturated rings. The SMILES string of the molecule is CC1(C)CCCc2nn(Cc3cccc(Cl)c3)c(N)c21. The highest BCUT2D eigenvalue weighted by atomic mass is 35.5. The number of nitrogen functional groups attached to an aromatic ring is 1. The number of hydrogen-bond donors (Lipinski definition) is 1. The van der Waals surface area contributed by atoms with Crippen LogP contribution in [0.15, 0.2) is 24.3 Å². The highest BCUT2D eigenvalue weighted by molar-refractivity contribution is 6.30. The van der Waals surface area contributed by atoms with E-state index in [0.29, 0.717) is 6.54 Å². The maximum absolute atomic E-state index is 6.35. The number of aryl methyl sites for hydroxylation is 1. The van der Waals surface area contributed by atoms with Crippen molar-refractivity contribution in [3.8, 4) is 0 Å². The summed E-state index contributed by atoms with van der Waals surface area (Å²) in [4.78, 5) is 0. The minimum atomic E-state index is 0.129. The summed E-state index contributed by atoms with van der Waals surface area (Å²) in [5, 5.41) is 5.47. The van der Waals surface area contributed by atoms with Gasteiger partial charge in [0.25, 0.3) is 0 Å². The van der Waals surface area contributed by atoms with Gasteiger partial charge < -0.3 is 5.73 Å². The van der Waals surface area contributed by atoms with Crippen molar-refractivity contribution in [3.63, 3.8) is 0 Å². The number of rotatable bonds is 2. The van der Waals surface area contributed by atoms with Gasteiger partial charge in [0.2, 0.25) is 0 Å². The average Bonchev–Trinajstić information content (AvgIpc) is 2.67. The van der Waals surface area contributed by atoms with E-state index in [1.165, 1.54) is 24.1 Å². The molecular formula is C16H20ClN3. The van der Waals surface area contributed by atoms with Gasteiger partial charge in [-0.1, -0.05) is 37.6 Å². The first-order valence-corrected chi connectivity index (χ1v) is 7.45. The van der Waals surface area contributed by atoms with Gasteiger partial charge >= 0.3 is 0 Å². The lowest BCUT2D eigenvalue weighted by Gasteiger charge is -2.29. The van der Waals surface area contributed by atoms with Gasteiger partial charge in [-0.3, -0.25) is 0 Å². The highest BCUT2D eigenvalue weighted by Gasteiger charge is 2.33. The maximum Gasteiger partial charge on any atom is 0.126 e. The van der Waals surface area contributed by atoms with Crippen LogP contribution in [0.2, 0.25) is 5.02 Å². The number of nitrogens with zero attached hydrogens (tertiary/aromatic N) is 2. The summed E-state index contributed by atoms with van der Waals surface area (Å²) >= 11 is 6.04. The number of benzene rings is 1. The number of hydrogen-bond acceptors (Lipinski definition) is 2. The topological polar surface area (TPSA) is 43.8 Å². The Bertz CT molecular complexity index is 643. The van der Waals surface area contributed by atoms with Crippen molar-refractivity contribution in [2.75, 3.05) is 5.73 Å². The molecule has 0 unspecified atom stereocenters. The van der Waals surface area contributed by atoms with Crippen LogP contribution in [0.1, 0.15) is 43.5 Å². The summed E-state index contributed by atoms with van der Waals surface area (Å²) in [6.07, 6.45) is 3.40. The number of aromatic nitrogens is 2. The van der Waals surface area contributed by atoms with Gasteiger partial charge in [0, 0.05) is 10.6 Å². The van der Waals surface area contributed by atoms with Crippen LogP contribution in [-0.4, -0.2) is 9.78 Å². The van der Waals surface area contributed by atoms with Crippen molar-refractivity contribution in [1.29, 1.82) is 0 Å². The lowest BCUT2D eigenvalue weighted by Crippen LogP contribution is -2.24. The second-order valence-corrected chi connectivity index (χ2v) is 6.67. The van der Waals surface area contributed by atoms with Crippen LogP contribution in [0.4, 0.5) is 5.82 Å². The Morgan fingerprint density at radius 2 is 2.20 bits per heavy atom. The molecule has 0 atom stereocenters. The van der Waals surface area contributed by atoms with Crippen molar-refractivity contribution >= 4 is 17.4 Å². The molecule has 0 radical (unpaired) electrons. The van der Waals surface area contributed by atoms with Crippen LogP contribution < -0.4 is 5.73 Å². The zero-order valence-electron chi connectivity index (χ0n) is 12.0. The molecule has 1 aliphatic carbocycles. The van der Waals surface area contributed by atoms with E-state index in [1.807, 2.05) is 22.9 Å². The molecule has 20 heavy (non-hydrogen) atoms. The van der Waals surface area contributed by atoms with E-state index in [2.05, 4.69) is 19.9 Å². The van der Waals surface area contributed by atoms with Crippen molar-refractivity contribution in [3.05, 3.63) is 46.1 Å². The smallest absolute Gasteiger partial charge is 0.126 e. The van der Waals surface area contributed by atoms with Crippen molar-refractivity contribution in [2.45, 2.75) is 45.1 Å². The van der Waals surface area contributed by atoms with Crippen LogP contribution in [0, 0.1) is 0 Å². The fourth-order valence-electron chi connectivity index (χ4n) is 3.19. The molecule has 3 nitrogen and oxygen atoms in total. The standard InChI is InChI=1S/C16H20ClN3/c1-16(2)8-4-7-13-14(16)15(18)20(19-13)10-11-5-3-6-12(17)9-11/h3,5-6,9H,4,7-8,10,18H2,1-2H3. The normalized spacial score (nSPS) is 16.9. The van der Waals surface area contributed by atoms with Gasteiger partial charge in [-0.25, -0.2) is 4.68 Å². The fourth-order valence-corrected chi connectivity index (χ4v) is 3.40. The summed E-state index contributed by atoms with van der Waals surface area (Å²) < 4.78 is 1.92. The molecule has 0 spiro atoms. The summed E-state index contributed by atoms with van der Waals surface area (Å²) in [5.41, 5.74) is 10.0. The predicted molar refractivity (Wildman–Crippen MR) is 83.2 cm³/mol. The predicted octanol–water partition coefficient (Wildman–Crippen LogP) is 3.78. The van der Waals surface area contributed by atoms with E-state index < -0.39 is 0 Å². The Balaban J connectivity index is 1.98.